The lowest BCUT2D eigenvalue weighted by Gasteiger charge is -2.34. The van der Waals surface area contributed by atoms with Gasteiger partial charge in [0.15, 0.2) is 5.13 Å². The maximum Gasteiger partial charge on any atom is 0.293 e. The number of aryl methyl sites for hydroxylation is 1. The lowest BCUT2D eigenvalue weighted by Crippen LogP contribution is -2.48. The van der Waals surface area contributed by atoms with Crippen LogP contribution in [0.4, 0.5) is 16.5 Å². The zero-order valence-corrected chi connectivity index (χ0v) is 19.5. The largest absolute Gasteiger partial charge is 0.366 e. The van der Waals surface area contributed by atoms with E-state index in [-0.39, 0.29) is 16.5 Å². The number of hydrogen-bond acceptors (Lipinski definition) is 7. The fourth-order valence-corrected chi connectivity index (χ4v) is 5.79. The van der Waals surface area contributed by atoms with Gasteiger partial charge in [0.05, 0.1) is 15.1 Å². The minimum atomic E-state index is -0.367. The predicted molar refractivity (Wildman–Crippen MR) is 132 cm³/mol. The number of amides is 1. The third-order valence-corrected chi connectivity index (χ3v) is 7.64. The van der Waals surface area contributed by atoms with E-state index in [9.17, 15) is 14.9 Å². The summed E-state index contributed by atoms with van der Waals surface area (Å²) >= 11 is 1.68. The molecule has 33 heavy (non-hydrogen) atoms. The molecule has 0 unspecified atom stereocenters. The van der Waals surface area contributed by atoms with Gasteiger partial charge in [-0.15, -0.1) is 0 Å². The van der Waals surface area contributed by atoms with E-state index in [2.05, 4.69) is 28.9 Å². The molecule has 0 spiro atoms. The van der Waals surface area contributed by atoms with E-state index < -0.39 is 0 Å². The van der Waals surface area contributed by atoms with Gasteiger partial charge < -0.3 is 14.7 Å². The summed E-state index contributed by atoms with van der Waals surface area (Å²) in [7, 11) is 0. The predicted octanol–water partition coefficient (Wildman–Crippen LogP) is 4.47. The Morgan fingerprint density at radius 1 is 1.00 bits per heavy atom. The monoisotopic (exact) mass is 465 g/mol. The quantitative estimate of drug-likeness (QED) is 0.418. The molecule has 2 aliphatic heterocycles. The number of carbonyl (C=O) groups is 1. The zero-order chi connectivity index (χ0) is 22.9. The Morgan fingerprint density at radius 2 is 1.76 bits per heavy atom. The standard InChI is InChI=1S/C24H27N5O3S/c1-17-6-5-7-21-22(17)25-24(33-21)28-14-12-27(13-15-28)23(30)18-8-9-19(20(16-18)29(31)32)26-10-3-2-4-11-26/h5-9,16H,2-4,10-15H2,1H3. The van der Waals surface area contributed by atoms with Crippen LogP contribution in [0.5, 0.6) is 0 Å². The Balaban J connectivity index is 1.29. The van der Waals surface area contributed by atoms with Crippen LogP contribution in [0.25, 0.3) is 10.2 Å². The van der Waals surface area contributed by atoms with Crippen molar-refractivity contribution in [3.8, 4) is 0 Å². The second kappa shape index (κ2) is 8.97. The molecule has 0 saturated carbocycles. The van der Waals surface area contributed by atoms with E-state index in [1.54, 1.807) is 28.4 Å². The Kier molecular flexibility index (Phi) is 5.88. The first-order valence-electron chi connectivity index (χ1n) is 11.4. The molecule has 3 heterocycles. The molecule has 9 heteroatoms. The van der Waals surface area contributed by atoms with Crippen LogP contribution in [0.3, 0.4) is 0 Å². The highest BCUT2D eigenvalue weighted by Gasteiger charge is 2.27. The average molecular weight is 466 g/mol. The van der Waals surface area contributed by atoms with Crippen LogP contribution >= 0.6 is 11.3 Å². The molecule has 8 nitrogen and oxygen atoms in total. The Bertz CT molecular complexity index is 1200. The van der Waals surface area contributed by atoms with Gasteiger partial charge in [0.1, 0.15) is 5.69 Å². The van der Waals surface area contributed by atoms with Gasteiger partial charge in [0.25, 0.3) is 11.6 Å². The second-order valence-electron chi connectivity index (χ2n) is 8.71. The maximum absolute atomic E-state index is 13.1. The van der Waals surface area contributed by atoms with Crippen molar-refractivity contribution in [2.75, 3.05) is 49.1 Å². The number of piperidine rings is 1. The first kappa shape index (κ1) is 21.6. The summed E-state index contributed by atoms with van der Waals surface area (Å²) in [5.41, 5.74) is 3.22. The molecule has 0 N–H and O–H groups in total. The van der Waals surface area contributed by atoms with Crippen molar-refractivity contribution >= 4 is 44.0 Å². The molecule has 2 saturated heterocycles. The minimum Gasteiger partial charge on any atom is -0.366 e. The summed E-state index contributed by atoms with van der Waals surface area (Å²) in [6.45, 7) is 6.23. The number of benzene rings is 2. The Labute approximate surface area is 196 Å². The van der Waals surface area contributed by atoms with E-state index in [0.717, 1.165) is 43.0 Å². The number of hydrogen-bond donors (Lipinski definition) is 0. The number of fused-ring (bicyclic) bond motifs is 1. The Morgan fingerprint density at radius 3 is 2.45 bits per heavy atom. The van der Waals surface area contributed by atoms with E-state index in [4.69, 9.17) is 4.98 Å². The molecule has 5 rings (SSSR count). The lowest BCUT2D eigenvalue weighted by molar-refractivity contribution is -0.384. The summed E-state index contributed by atoms with van der Waals surface area (Å²) in [6.07, 6.45) is 3.23. The molecule has 0 radical (unpaired) electrons. The van der Waals surface area contributed by atoms with Gasteiger partial charge in [-0.2, -0.15) is 0 Å². The molecule has 0 bridgehead atoms. The fourth-order valence-electron chi connectivity index (χ4n) is 4.70. The number of nitro groups is 1. The van der Waals surface area contributed by atoms with Crippen LogP contribution in [0.15, 0.2) is 36.4 Å². The average Bonchev–Trinajstić information content (AvgIpc) is 3.30. The normalized spacial score (nSPS) is 16.9. The van der Waals surface area contributed by atoms with Crippen molar-refractivity contribution in [2.24, 2.45) is 0 Å². The van der Waals surface area contributed by atoms with Crippen LogP contribution in [-0.4, -0.2) is 60.0 Å². The topological polar surface area (TPSA) is 82.8 Å². The molecule has 2 fully saturated rings. The first-order valence-corrected chi connectivity index (χ1v) is 12.3. The van der Waals surface area contributed by atoms with Crippen molar-refractivity contribution in [3.05, 3.63) is 57.6 Å². The van der Waals surface area contributed by atoms with Gasteiger partial charge >= 0.3 is 0 Å². The van der Waals surface area contributed by atoms with Gasteiger partial charge in [0.2, 0.25) is 0 Å². The lowest BCUT2D eigenvalue weighted by atomic mass is 10.1. The molecular weight excluding hydrogens is 438 g/mol. The second-order valence-corrected chi connectivity index (χ2v) is 9.71. The molecule has 3 aromatic rings. The molecule has 1 aromatic heterocycles. The SMILES string of the molecule is Cc1cccc2sc(N3CCN(C(=O)c4ccc(N5CCCCC5)c([N+](=O)[O-])c4)CC3)nc12. The van der Waals surface area contributed by atoms with Crippen molar-refractivity contribution in [3.63, 3.8) is 0 Å². The minimum absolute atomic E-state index is 0.0197. The summed E-state index contributed by atoms with van der Waals surface area (Å²) in [5, 5.41) is 12.7. The molecular formula is C24H27N5O3S. The number of para-hydroxylation sites is 1. The summed E-state index contributed by atoms with van der Waals surface area (Å²) in [6, 6.07) is 11.1. The molecule has 1 amide bonds. The van der Waals surface area contributed by atoms with Crippen molar-refractivity contribution in [1.29, 1.82) is 0 Å². The van der Waals surface area contributed by atoms with E-state index in [1.165, 1.54) is 16.3 Å². The van der Waals surface area contributed by atoms with Crippen molar-refractivity contribution < 1.29 is 9.72 Å². The number of nitro benzene ring substituents is 1. The molecule has 2 aromatic carbocycles. The summed E-state index contributed by atoms with van der Waals surface area (Å²) in [5.74, 6) is -0.150. The van der Waals surface area contributed by atoms with Crippen molar-refractivity contribution in [1.82, 2.24) is 9.88 Å². The number of carbonyl (C=O) groups excluding carboxylic acids is 1. The number of piperazine rings is 1. The molecule has 172 valence electrons. The fraction of sp³-hybridized carbons (Fsp3) is 0.417. The highest BCUT2D eigenvalue weighted by atomic mass is 32.1. The van der Waals surface area contributed by atoms with E-state index in [0.29, 0.717) is 37.4 Å². The molecule has 0 atom stereocenters. The van der Waals surface area contributed by atoms with Crippen LogP contribution in [0.2, 0.25) is 0 Å². The van der Waals surface area contributed by atoms with Crippen LogP contribution in [-0.2, 0) is 0 Å². The number of thiazole rings is 1. The van der Waals surface area contributed by atoms with E-state index in [1.807, 2.05) is 6.07 Å². The summed E-state index contributed by atoms with van der Waals surface area (Å²) in [4.78, 5) is 35.4. The molecule has 2 aliphatic rings. The van der Waals surface area contributed by atoms with Crippen LogP contribution in [0.1, 0.15) is 35.2 Å². The first-order chi connectivity index (χ1) is 16.0. The summed E-state index contributed by atoms with van der Waals surface area (Å²) < 4.78 is 1.17. The third-order valence-electron chi connectivity index (χ3n) is 6.56. The highest BCUT2D eigenvalue weighted by Crippen LogP contribution is 2.33. The highest BCUT2D eigenvalue weighted by molar-refractivity contribution is 7.22. The molecule has 0 aliphatic carbocycles. The van der Waals surface area contributed by atoms with Gasteiger partial charge in [0, 0.05) is 50.9 Å². The number of aromatic nitrogens is 1. The van der Waals surface area contributed by atoms with Gasteiger partial charge in [-0.1, -0.05) is 23.5 Å². The zero-order valence-electron chi connectivity index (χ0n) is 18.7. The van der Waals surface area contributed by atoms with Crippen LogP contribution in [0, 0.1) is 17.0 Å². The number of nitrogens with zero attached hydrogens (tertiary/aromatic N) is 5. The number of anilines is 2. The van der Waals surface area contributed by atoms with Crippen molar-refractivity contribution in [2.45, 2.75) is 26.2 Å². The maximum atomic E-state index is 13.1. The van der Waals surface area contributed by atoms with Crippen LogP contribution < -0.4 is 9.80 Å². The van der Waals surface area contributed by atoms with Gasteiger partial charge in [-0.3, -0.25) is 14.9 Å². The Hall–Kier alpha value is -3.20. The van der Waals surface area contributed by atoms with Gasteiger partial charge in [-0.25, -0.2) is 4.98 Å². The number of rotatable bonds is 4. The van der Waals surface area contributed by atoms with E-state index >= 15 is 0 Å². The smallest absolute Gasteiger partial charge is 0.293 e. The van der Waals surface area contributed by atoms with Gasteiger partial charge in [-0.05, 0) is 49.9 Å². The third kappa shape index (κ3) is 4.25.